The fraction of sp³-hybridized carbons (Fsp3) is 0.400. The van der Waals surface area contributed by atoms with Gasteiger partial charge in [0.25, 0.3) is 0 Å². The van der Waals surface area contributed by atoms with Gasteiger partial charge in [-0.1, -0.05) is 30.3 Å². The van der Waals surface area contributed by atoms with E-state index < -0.39 is 5.97 Å². The number of aromatic nitrogens is 1. The zero-order chi connectivity index (χ0) is 21.4. The van der Waals surface area contributed by atoms with Gasteiger partial charge in [-0.05, 0) is 64.0 Å². The van der Waals surface area contributed by atoms with Gasteiger partial charge in [-0.3, -0.25) is 4.90 Å². The molecular formula is C25H31N3O2. The number of pyridine rings is 1. The summed E-state index contributed by atoms with van der Waals surface area (Å²) in [6, 6.07) is 14.9. The Balaban J connectivity index is 1.80. The third-order valence-corrected chi connectivity index (χ3v) is 6.74. The van der Waals surface area contributed by atoms with Gasteiger partial charge >= 0.3 is 5.97 Å². The van der Waals surface area contributed by atoms with Crippen molar-refractivity contribution in [3.8, 4) is 11.1 Å². The Morgan fingerprint density at radius 3 is 2.40 bits per heavy atom. The van der Waals surface area contributed by atoms with Gasteiger partial charge in [-0.25, -0.2) is 4.79 Å². The molecule has 0 aliphatic carbocycles. The maximum Gasteiger partial charge on any atom is 0.336 e. The lowest BCUT2D eigenvalue weighted by Crippen LogP contribution is -2.43. The van der Waals surface area contributed by atoms with E-state index in [0.29, 0.717) is 11.6 Å². The number of carboxylic acids is 1. The summed E-state index contributed by atoms with van der Waals surface area (Å²) in [7, 11) is 4.30. The van der Waals surface area contributed by atoms with Crippen molar-refractivity contribution >= 4 is 11.5 Å². The highest BCUT2D eigenvalue weighted by molar-refractivity contribution is 5.94. The van der Waals surface area contributed by atoms with Crippen molar-refractivity contribution in [2.75, 3.05) is 27.2 Å². The molecule has 4 rings (SSSR count). The van der Waals surface area contributed by atoms with Crippen molar-refractivity contribution in [2.45, 2.75) is 38.8 Å². The molecule has 3 aromatic rings. The molecule has 158 valence electrons. The Kier molecular flexibility index (Phi) is 5.67. The fourth-order valence-electron chi connectivity index (χ4n) is 4.93. The second-order valence-corrected chi connectivity index (χ2v) is 8.63. The normalized spacial score (nSPS) is 17.0. The molecule has 0 bridgehead atoms. The summed E-state index contributed by atoms with van der Waals surface area (Å²) in [5.41, 5.74) is 5.45. The van der Waals surface area contributed by atoms with Crippen LogP contribution in [-0.4, -0.2) is 58.5 Å². The standard InChI is InChI=1S/C25H31N3O2/c1-17-22(25(29)30)16-23-21(19-8-6-5-7-9-19)12-15-28(23)24(17)18(2)27-13-10-20(11-14-27)26(3)4/h5-9,12,15-16,18,20H,10-11,13-14H2,1-4H3,(H,29,30). The quantitative estimate of drug-likeness (QED) is 0.668. The summed E-state index contributed by atoms with van der Waals surface area (Å²) >= 11 is 0. The summed E-state index contributed by atoms with van der Waals surface area (Å²) in [4.78, 5) is 16.9. The summed E-state index contributed by atoms with van der Waals surface area (Å²) in [5, 5.41) is 9.91. The Bertz CT molecular complexity index is 1050. The minimum atomic E-state index is -0.866. The highest BCUT2D eigenvalue weighted by atomic mass is 16.4. The molecule has 2 aromatic heterocycles. The van der Waals surface area contributed by atoms with E-state index in [4.69, 9.17) is 0 Å². The van der Waals surface area contributed by atoms with Crippen molar-refractivity contribution in [1.29, 1.82) is 0 Å². The first-order chi connectivity index (χ1) is 14.4. The first-order valence-electron chi connectivity index (χ1n) is 10.7. The minimum absolute atomic E-state index is 0.144. The van der Waals surface area contributed by atoms with Gasteiger partial charge in [-0.2, -0.15) is 0 Å². The molecule has 0 spiro atoms. The number of piperidine rings is 1. The molecule has 0 radical (unpaired) electrons. The molecule has 1 fully saturated rings. The Morgan fingerprint density at radius 2 is 1.80 bits per heavy atom. The first kappa shape index (κ1) is 20.6. The highest BCUT2D eigenvalue weighted by Gasteiger charge is 2.28. The van der Waals surface area contributed by atoms with Crippen LogP contribution in [0.25, 0.3) is 16.6 Å². The van der Waals surface area contributed by atoms with E-state index in [9.17, 15) is 9.90 Å². The number of carbonyl (C=O) groups is 1. The number of fused-ring (bicyclic) bond motifs is 1. The van der Waals surface area contributed by atoms with Crippen LogP contribution in [0.2, 0.25) is 0 Å². The zero-order valence-electron chi connectivity index (χ0n) is 18.3. The Hall–Kier alpha value is -2.63. The smallest absolute Gasteiger partial charge is 0.336 e. The summed E-state index contributed by atoms with van der Waals surface area (Å²) < 4.78 is 2.20. The number of carboxylic acid groups (broad SMARTS) is 1. The van der Waals surface area contributed by atoms with Crippen LogP contribution in [0.5, 0.6) is 0 Å². The molecule has 3 heterocycles. The summed E-state index contributed by atoms with van der Waals surface area (Å²) in [6.45, 7) is 6.21. The predicted molar refractivity (Wildman–Crippen MR) is 121 cm³/mol. The van der Waals surface area contributed by atoms with Gasteiger partial charge < -0.3 is 14.4 Å². The van der Waals surface area contributed by atoms with Crippen LogP contribution in [0.15, 0.2) is 48.7 Å². The summed E-state index contributed by atoms with van der Waals surface area (Å²) in [5.74, 6) is -0.866. The van der Waals surface area contributed by atoms with Gasteiger partial charge in [0.1, 0.15) is 0 Å². The number of rotatable bonds is 5. The molecule has 5 heteroatoms. The molecule has 1 atom stereocenters. The lowest BCUT2D eigenvalue weighted by Gasteiger charge is -2.39. The van der Waals surface area contributed by atoms with Crippen molar-refractivity contribution in [1.82, 2.24) is 14.2 Å². The molecule has 1 unspecified atom stereocenters. The molecule has 0 saturated carbocycles. The number of hydrogen-bond donors (Lipinski definition) is 1. The maximum atomic E-state index is 12.1. The van der Waals surface area contributed by atoms with Gasteiger partial charge in [-0.15, -0.1) is 0 Å². The second kappa shape index (κ2) is 8.25. The van der Waals surface area contributed by atoms with Crippen molar-refractivity contribution in [3.05, 3.63) is 65.5 Å². The SMILES string of the molecule is Cc1c(C(=O)O)cc2c(-c3ccccc3)ccn2c1C(C)N1CCC(N(C)C)CC1. The molecular weight excluding hydrogens is 374 g/mol. The van der Waals surface area contributed by atoms with Crippen LogP contribution in [0, 0.1) is 6.92 Å². The Labute approximate surface area is 178 Å². The van der Waals surface area contributed by atoms with E-state index >= 15 is 0 Å². The number of hydrogen-bond acceptors (Lipinski definition) is 3. The van der Waals surface area contributed by atoms with Gasteiger partial charge in [0.15, 0.2) is 0 Å². The van der Waals surface area contributed by atoms with E-state index in [1.165, 1.54) is 0 Å². The molecule has 0 amide bonds. The van der Waals surface area contributed by atoms with Crippen LogP contribution >= 0.6 is 0 Å². The second-order valence-electron chi connectivity index (χ2n) is 8.63. The first-order valence-corrected chi connectivity index (χ1v) is 10.7. The van der Waals surface area contributed by atoms with E-state index in [2.05, 4.69) is 59.6 Å². The molecule has 1 aromatic carbocycles. The number of likely N-dealkylation sites (tertiary alicyclic amines) is 1. The fourth-order valence-corrected chi connectivity index (χ4v) is 4.93. The molecule has 30 heavy (non-hydrogen) atoms. The molecule has 1 aliphatic rings. The van der Waals surface area contributed by atoms with Crippen LogP contribution in [0.1, 0.15) is 47.4 Å². The van der Waals surface area contributed by atoms with Crippen LogP contribution < -0.4 is 0 Å². The van der Waals surface area contributed by atoms with E-state index in [1.807, 2.05) is 31.2 Å². The topological polar surface area (TPSA) is 48.2 Å². The highest BCUT2D eigenvalue weighted by Crippen LogP contribution is 2.34. The molecule has 1 saturated heterocycles. The van der Waals surface area contributed by atoms with Crippen LogP contribution in [-0.2, 0) is 0 Å². The van der Waals surface area contributed by atoms with Gasteiger partial charge in [0, 0.05) is 42.6 Å². The largest absolute Gasteiger partial charge is 0.478 e. The third-order valence-electron chi connectivity index (χ3n) is 6.74. The van der Waals surface area contributed by atoms with E-state index in [0.717, 1.165) is 53.8 Å². The maximum absolute atomic E-state index is 12.1. The molecule has 1 N–H and O–H groups in total. The molecule has 1 aliphatic heterocycles. The molecule has 5 nitrogen and oxygen atoms in total. The summed E-state index contributed by atoms with van der Waals surface area (Å²) in [6.07, 6.45) is 4.37. The lowest BCUT2D eigenvalue weighted by atomic mass is 9.97. The van der Waals surface area contributed by atoms with Crippen molar-refractivity contribution in [3.63, 3.8) is 0 Å². The lowest BCUT2D eigenvalue weighted by molar-refractivity contribution is 0.0695. The number of nitrogens with zero attached hydrogens (tertiary/aromatic N) is 3. The van der Waals surface area contributed by atoms with Crippen molar-refractivity contribution in [2.24, 2.45) is 0 Å². The van der Waals surface area contributed by atoms with Gasteiger partial charge in [0.2, 0.25) is 0 Å². The number of benzene rings is 1. The van der Waals surface area contributed by atoms with E-state index in [-0.39, 0.29) is 6.04 Å². The number of aromatic carboxylic acids is 1. The predicted octanol–water partition coefficient (Wildman–Crippen LogP) is 4.70. The van der Waals surface area contributed by atoms with Gasteiger partial charge in [0.05, 0.1) is 11.1 Å². The zero-order valence-corrected chi connectivity index (χ0v) is 18.3. The average Bonchev–Trinajstić information content (AvgIpc) is 3.17. The third kappa shape index (κ3) is 3.64. The van der Waals surface area contributed by atoms with Crippen LogP contribution in [0.3, 0.4) is 0 Å². The average molecular weight is 406 g/mol. The monoisotopic (exact) mass is 405 g/mol. The van der Waals surface area contributed by atoms with Crippen LogP contribution in [0.4, 0.5) is 0 Å². The van der Waals surface area contributed by atoms with Crippen molar-refractivity contribution < 1.29 is 9.90 Å². The Morgan fingerprint density at radius 1 is 1.13 bits per heavy atom. The minimum Gasteiger partial charge on any atom is -0.478 e. The van der Waals surface area contributed by atoms with E-state index in [1.54, 1.807) is 0 Å².